The van der Waals surface area contributed by atoms with Crippen LogP contribution in [-0.2, 0) is 6.42 Å². The Morgan fingerprint density at radius 2 is 1.84 bits per heavy atom. The van der Waals surface area contributed by atoms with Gasteiger partial charge in [-0.05, 0) is 36.2 Å². The van der Waals surface area contributed by atoms with Gasteiger partial charge in [-0.15, -0.1) is 0 Å². The van der Waals surface area contributed by atoms with Crippen LogP contribution in [0, 0.1) is 17.5 Å². The van der Waals surface area contributed by atoms with Crippen LogP contribution in [0.1, 0.15) is 29.3 Å². The first kappa shape index (κ1) is 20.5. The number of aromatic amines is 1. The van der Waals surface area contributed by atoms with Crippen molar-refractivity contribution in [2.75, 3.05) is 7.05 Å². The lowest BCUT2D eigenvalue weighted by molar-refractivity contribution is 0.0959. The molecule has 31 heavy (non-hydrogen) atoms. The second-order valence-corrected chi connectivity index (χ2v) is 6.99. The first-order valence-electron chi connectivity index (χ1n) is 9.64. The number of halogens is 3. The number of nitrogens with one attached hydrogen (secondary N) is 2. The maximum Gasteiger partial charge on any atom is 0.253 e. The molecule has 0 spiro atoms. The van der Waals surface area contributed by atoms with Crippen molar-refractivity contribution in [2.24, 2.45) is 0 Å². The van der Waals surface area contributed by atoms with E-state index < -0.39 is 23.4 Å². The van der Waals surface area contributed by atoms with E-state index in [4.69, 9.17) is 0 Å². The summed E-state index contributed by atoms with van der Waals surface area (Å²) in [5.74, 6) is -2.94. The van der Waals surface area contributed by atoms with Crippen molar-refractivity contribution in [3.63, 3.8) is 0 Å². The summed E-state index contributed by atoms with van der Waals surface area (Å²) in [4.78, 5) is 20.1. The fraction of sp³-hybridized carbons (Fsp3) is 0.182. The van der Waals surface area contributed by atoms with Crippen molar-refractivity contribution < 1.29 is 18.0 Å². The maximum atomic E-state index is 14.6. The number of amides is 1. The molecule has 0 aliphatic rings. The van der Waals surface area contributed by atoms with Crippen LogP contribution in [0.25, 0.3) is 33.7 Å². The highest BCUT2D eigenvalue weighted by Crippen LogP contribution is 2.30. The molecule has 0 radical (unpaired) electrons. The number of benzene rings is 2. The second-order valence-electron chi connectivity index (χ2n) is 6.99. The molecule has 6 nitrogen and oxygen atoms in total. The summed E-state index contributed by atoms with van der Waals surface area (Å²) in [5, 5.41) is 9.22. The predicted molar refractivity (Wildman–Crippen MR) is 110 cm³/mol. The van der Waals surface area contributed by atoms with Crippen LogP contribution in [-0.4, -0.2) is 33.1 Å². The van der Waals surface area contributed by atoms with E-state index >= 15 is 0 Å². The molecule has 158 valence electrons. The van der Waals surface area contributed by atoms with Gasteiger partial charge in [-0.1, -0.05) is 19.4 Å². The third-order valence-electron chi connectivity index (χ3n) is 4.88. The Morgan fingerprint density at radius 1 is 1.10 bits per heavy atom. The van der Waals surface area contributed by atoms with Crippen LogP contribution in [0.4, 0.5) is 13.2 Å². The topological polar surface area (TPSA) is 83.6 Å². The smallest absolute Gasteiger partial charge is 0.253 e. The monoisotopic (exact) mass is 425 g/mol. The molecular weight excluding hydrogens is 407 g/mol. The van der Waals surface area contributed by atoms with Crippen LogP contribution >= 0.6 is 0 Å². The van der Waals surface area contributed by atoms with Gasteiger partial charge >= 0.3 is 0 Å². The molecule has 0 saturated carbocycles. The molecule has 0 saturated heterocycles. The van der Waals surface area contributed by atoms with Crippen LogP contribution in [0.15, 0.2) is 36.5 Å². The fourth-order valence-corrected chi connectivity index (χ4v) is 3.39. The number of hydrogen-bond acceptors (Lipinski definition) is 4. The Labute approximate surface area is 175 Å². The van der Waals surface area contributed by atoms with Crippen molar-refractivity contribution in [2.45, 2.75) is 19.8 Å². The van der Waals surface area contributed by atoms with Crippen LogP contribution in [0.2, 0.25) is 0 Å². The summed E-state index contributed by atoms with van der Waals surface area (Å²) in [6.45, 7) is 1.92. The van der Waals surface area contributed by atoms with Gasteiger partial charge in [0.2, 0.25) is 0 Å². The Bertz CT molecular complexity index is 1280. The van der Waals surface area contributed by atoms with E-state index in [9.17, 15) is 18.0 Å². The average molecular weight is 425 g/mol. The van der Waals surface area contributed by atoms with E-state index in [2.05, 4.69) is 25.5 Å². The highest BCUT2D eigenvalue weighted by atomic mass is 19.1. The summed E-state index contributed by atoms with van der Waals surface area (Å²) in [6.07, 6.45) is 2.67. The normalized spacial score (nSPS) is 11.1. The van der Waals surface area contributed by atoms with Crippen molar-refractivity contribution in [3.05, 3.63) is 65.1 Å². The minimum Gasteiger partial charge on any atom is -0.355 e. The average Bonchev–Trinajstić information content (AvgIpc) is 3.16. The summed E-state index contributed by atoms with van der Waals surface area (Å²) >= 11 is 0. The van der Waals surface area contributed by atoms with Gasteiger partial charge in [0.25, 0.3) is 5.91 Å². The Morgan fingerprint density at radius 3 is 2.48 bits per heavy atom. The van der Waals surface area contributed by atoms with E-state index in [1.807, 2.05) is 6.92 Å². The van der Waals surface area contributed by atoms with Crippen molar-refractivity contribution in [1.29, 1.82) is 0 Å². The molecule has 0 aliphatic heterocycles. The summed E-state index contributed by atoms with van der Waals surface area (Å²) < 4.78 is 43.7. The number of fused-ring (bicyclic) bond motifs is 1. The summed E-state index contributed by atoms with van der Waals surface area (Å²) in [5.41, 5.74) is 1.40. The minimum absolute atomic E-state index is 0.113. The molecular formula is C22H18F3N5O. The molecule has 2 N–H and O–H groups in total. The van der Waals surface area contributed by atoms with Crippen LogP contribution in [0.5, 0.6) is 0 Å². The number of H-pyrrole nitrogens is 1. The third-order valence-corrected chi connectivity index (χ3v) is 4.88. The van der Waals surface area contributed by atoms with Gasteiger partial charge in [0, 0.05) is 12.6 Å². The highest BCUT2D eigenvalue weighted by Gasteiger charge is 2.19. The first-order chi connectivity index (χ1) is 14.9. The Kier molecular flexibility index (Phi) is 5.41. The SMILES string of the molecule is CCCc1cc(F)c(-c2ncc3[nH]nc(-c4ccc(C(=O)NC)c(F)c4)c3n2)c(F)c1. The van der Waals surface area contributed by atoms with E-state index in [0.717, 1.165) is 12.5 Å². The minimum atomic E-state index is -0.756. The van der Waals surface area contributed by atoms with Gasteiger partial charge in [-0.2, -0.15) is 5.10 Å². The molecule has 1 amide bonds. The van der Waals surface area contributed by atoms with E-state index in [0.29, 0.717) is 23.1 Å². The maximum absolute atomic E-state index is 14.6. The number of carbonyl (C=O) groups excluding carboxylic acids is 1. The number of aromatic nitrogens is 4. The zero-order valence-electron chi connectivity index (χ0n) is 16.8. The third kappa shape index (κ3) is 3.74. The predicted octanol–water partition coefficient (Wildman–Crippen LogP) is 4.42. The fourth-order valence-electron chi connectivity index (χ4n) is 3.39. The molecule has 0 bridgehead atoms. The van der Waals surface area contributed by atoms with Gasteiger partial charge in [0.1, 0.15) is 34.2 Å². The van der Waals surface area contributed by atoms with Gasteiger partial charge < -0.3 is 5.32 Å². The molecule has 4 aromatic rings. The number of aryl methyl sites for hydroxylation is 1. The lowest BCUT2D eigenvalue weighted by atomic mass is 10.1. The summed E-state index contributed by atoms with van der Waals surface area (Å²) in [6, 6.07) is 6.56. The zero-order chi connectivity index (χ0) is 22.1. The standard InChI is InChI=1S/C22H18F3N5O/c1-3-4-11-7-15(24)18(16(25)8-11)21-27-10-17-20(28-21)19(30-29-17)12-5-6-13(14(23)9-12)22(31)26-2/h5-10H,3-4H2,1-2H3,(H,26,31)(H,29,30). The molecule has 2 aromatic carbocycles. The number of nitrogens with zero attached hydrogens (tertiary/aromatic N) is 3. The zero-order valence-corrected chi connectivity index (χ0v) is 16.8. The lowest BCUT2D eigenvalue weighted by Gasteiger charge is -2.07. The van der Waals surface area contributed by atoms with Gasteiger partial charge in [-0.25, -0.2) is 23.1 Å². The molecule has 0 unspecified atom stereocenters. The van der Waals surface area contributed by atoms with Crippen LogP contribution < -0.4 is 5.32 Å². The molecule has 2 heterocycles. The van der Waals surface area contributed by atoms with Crippen molar-refractivity contribution in [3.8, 4) is 22.6 Å². The Balaban J connectivity index is 1.81. The number of rotatable bonds is 5. The molecule has 0 aliphatic carbocycles. The van der Waals surface area contributed by atoms with Gasteiger partial charge in [0.15, 0.2) is 5.82 Å². The van der Waals surface area contributed by atoms with Crippen molar-refractivity contribution >= 4 is 16.9 Å². The summed E-state index contributed by atoms with van der Waals surface area (Å²) in [7, 11) is 1.41. The van der Waals surface area contributed by atoms with E-state index in [-0.39, 0.29) is 28.2 Å². The highest BCUT2D eigenvalue weighted by molar-refractivity contribution is 5.96. The van der Waals surface area contributed by atoms with E-state index in [1.54, 1.807) is 0 Å². The number of hydrogen-bond donors (Lipinski definition) is 2. The van der Waals surface area contributed by atoms with Gasteiger partial charge in [-0.3, -0.25) is 9.89 Å². The largest absolute Gasteiger partial charge is 0.355 e. The lowest BCUT2D eigenvalue weighted by Crippen LogP contribution is -2.19. The molecule has 4 rings (SSSR count). The van der Waals surface area contributed by atoms with Crippen molar-refractivity contribution in [1.82, 2.24) is 25.5 Å². The van der Waals surface area contributed by atoms with Gasteiger partial charge in [0.05, 0.1) is 17.3 Å². The Hall–Kier alpha value is -3.75. The molecule has 2 aromatic heterocycles. The first-order valence-corrected chi connectivity index (χ1v) is 9.64. The second kappa shape index (κ2) is 8.17. The van der Waals surface area contributed by atoms with Crippen LogP contribution in [0.3, 0.4) is 0 Å². The van der Waals surface area contributed by atoms with E-state index in [1.165, 1.54) is 37.5 Å². The molecule has 0 fully saturated rings. The number of carbonyl (C=O) groups is 1. The molecule has 0 atom stereocenters. The molecule has 9 heteroatoms. The quantitative estimate of drug-likeness (QED) is 0.496.